The summed E-state index contributed by atoms with van der Waals surface area (Å²) in [5.41, 5.74) is 0.531. The number of rotatable bonds is 0. The molecular weight excluding hydrogens is 402 g/mol. The molecule has 1 aliphatic carbocycles. The van der Waals surface area contributed by atoms with E-state index in [2.05, 4.69) is 31.0 Å². The third kappa shape index (κ3) is 2.82. The number of carbonyl (C=O) groups is 1. The van der Waals surface area contributed by atoms with Crippen LogP contribution in [0.4, 0.5) is 4.79 Å². The van der Waals surface area contributed by atoms with Crippen LogP contribution in [0.3, 0.4) is 0 Å². The molecule has 1 amide bonds. The van der Waals surface area contributed by atoms with Gasteiger partial charge < -0.3 is 9.64 Å². The highest BCUT2D eigenvalue weighted by molar-refractivity contribution is 9.10. The summed E-state index contributed by atoms with van der Waals surface area (Å²) >= 11 is 3.26. The molecule has 1 fully saturated rings. The summed E-state index contributed by atoms with van der Waals surface area (Å²) < 4.78 is 7.37. The van der Waals surface area contributed by atoms with E-state index in [-0.39, 0.29) is 17.1 Å². The van der Waals surface area contributed by atoms with Crippen molar-refractivity contribution in [2.24, 2.45) is 0 Å². The normalized spacial score (nSPS) is 22.8. The fourth-order valence-corrected chi connectivity index (χ4v) is 4.47. The molecule has 26 heavy (non-hydrogen) atoms. The summed E-state index contributed by atoms with van der Waals surface area (Å²) in [6, 6.07) is 0. The molecule has 9 heteroatoms. The van der Waals surface area contributed by atoms with Gasteiger partial charge in [-0.15, -0.1) is 0 Å². The van der Waals surface area contributed by atoms with E-state index in [1.807, 2.05) is 20.8 Å². The molecule has 2 aromatic rings. The molecule has 0 aromatic carbocycles. The smallest absolute Gasteiger partial charge is 0.410 e. The zero-order valence-corrected chi connectivity index (χ0v) is 16.7. The number of aromatic nitrogens is 4. The number of aryl methyl sites for hydroxylation is 1. The van der Waals surface area contributed by atoms with Crippen LogP contribution in [0.2, 0.25) is 0 Å². The number of likely N-dealkylation sites (tertiary alicyclic amines) is 1. The fourth-order valence-electron chi connectivity index (χ4n) is 4.13. The van der Waals surface area contributed by atoms with Gasteiger partial charge in [0.25, 0.3) is 11.3 Å². The van der Waals surface area contributed by atoms with Crippen molar-refractivity contribution in [2.75, 3.05) is 13.1 Å². The second-order valence-electron chi connectivity index (χ2n) is 8.17. The van der Waals surface area contributed by atoms with Gasteiger partial charge in [0.2, 0.25) is 0 Å². The van der Waals surface area contributed by atoms with Crippen LogP contribution in [0.25, 0.3) is 5.78 Å². The van der Waals surface area contributed by atoms with Crippen LogP contribution < -0.4 is 5.56 Å². The second-order valence-corrected chi connectivity index (χ2v) is 8.93. The summed E-state index contributed by atoms with van der Waals surface area (Å²) in [5.74, 6) is 0.375. The Bertz CT molecular complexity index is 944. The number of ether oxygens (including phenoxy) is 1. The third-order valence-electron chi connectivity index (χ3n) is 5.15. The van der Waals surface area contributed by atoms with Crippen molar-refractivity contribution in [1.82, 2.24) is 24.5 Å². The van der Waals surface area contributed by atoms with Gasteiger partial charge in [0.1, 0.15) is 5.60 Å². The Morgan fingerprint density at radius 2 is 2.08 bits per heavy atom. The van der Waals surface area contributed by atoms with Crippen LogP contribution in [0.5, 0.6) is 0 Å². The number of hydrogen-bond acceptors (Lipinski definition) is 5. The van der Waals surface area contributed by atoms with Crippen molar-refractivity contribution < 1.29 is 9.53 Å². The van der Waals surface area contributed by atoms with E-state index in [0.717, 1.165) is 36.9 Å². The van der Waals surface area contributed by atoms with Crippen molar-refractivity contribution in [3.8, 4) is 0 Å². The van der Waals surface area contributed by atoms with Crippen LogP contribution in [0.15, 0.2) is 9.53 Å². The molecule has 2 aromatic heterocycles. The fraction of sp³-hybridized carbons (Fsp3) is 0.647. The Hall–Kier alpha value is -1.90. The number of H-pyrrole nitrogens is 1. The zero-order chi connectivity index (χ0) is 18.7. The lowest BCUT2D eigenvalue weighted by molar-refractivity contribution is 0.0282. The standard InChI is InChI=1S/C17H22BrN5O3/c1-16(2,3)26-15(25)22-8-7-17(9-22)6-4-5-10-11(17)12(24)23-14(19-10)20-13(18)21-23/h4-9H2,1-3H3,(H,19,20,21). The maximum atomic E-state index is 13.1. The topological polar surface area (TPSA) is 92.6 Å². The number of fused-ring (bicyclic) bond motifs is 3. The molecule has 0 saturated carbocycles. The molecule has 0 radical (unpaired) electrons. The first-order valence-corrected chi connectivity index (χ1v) is 9.63. The Balaban J connectivity index is 1.73. The maximum absolute atomic E-state index is 13.1. The molecule has 1 unspecified atom stereocenters. The summed E-state index contributed by atoms with van der Waals surface area (Å²) in [6.07, 6.45) is 3.01. The van der Waals surface area contributed by atoms with Crippen molar-refractivity contribution in [2.45, 2.75) is 57.5 Å². The largest absolute Gasteiger partial charge is 0.444 e. The van der Waals surface area contributed by atoms with Crippen molar-refractivity contribution >= 4 is 27.8 Å². The van der Waals surface area contributed by atoms with E-state index in [1.54, 1.807) is 4.90 Å². The van der Waals surface area contributed by atoms with Crippen molar-refractivity contribution in [3.63, 3.8) is 0 Å². The van der Waals surface area contributed by atoms with Gasteiger partial charge in [-0.25, -0.2) is 9.78 Å². The number of halogens is 1. The molecule has 3 heterocycles. The quantitative estimate of drug-likeness (QED) is 0.701. The number of nitrogens with one attached hydrogen (secondary N) is 1. The molecule has 1 N–H and O–H groups in total. The number of carbonyl (C=O) groups excluding carboxylic acids is 1. The Kier molecular flexibility index (Phi) is 3.91. The van der Waals surface area contributed by atoms with E-state index in [4.69, 9.17) is 4.74 Å². The highest BCUT2D eigenvalue weighted by atomic mass is 79.9. The predicted molar refractivity (Wildman–Crippen MR) is 98.3 cm³/mol. The zero-order valence-electron chi connectivity index (χ0n) is 15.1. The van der Waals surface area contributed by atoms with Crippen LogP contribution in [-0.2, 0) is 16.6 Å². The molecule has 1 saturated heterocycles. The van der Waals surface area contributed by atoms with Gasteiger partial charge in [-0.1, -0.05) is 0 Å². The molecule has 4 rings (SSSR count). The van der Waals surface area contributed by atoms with E-state index in [9.17, 15) is 9.59 Å². The third-order valence-corrected chi connectivity index (χ3v) is 5.50. The van der Waals surface area contributed by atoms with Gasteiger partial charge in [0, 0.05) is 24.1 Å². The lowest BCUT2D eigenvalue weighted by atomic mass is 9.71. The first-order chi connectivity index (χ1) is 12.2. The van der Waals surface area contributed by atoms with Gasteiger partial charge in [-0.05, 0) is 62.4 Å². The molecule has 1 aliphatic heterocycles. The lowest BCUT2D eigenvalue weighted by Crippen LogP contribution is -2.43. The van der Waals surface area contributed by atoms with Gasteiger partial charge in [0.15, 0.2) is 4.73 Å². The Labute approximate surface area is 159 Å². The summed E-state index contributed by atoms with van der Waals surface area (Å²) in [6.45, 7) is 6.65. The van der Waals surface area contributed by atoms with Crippen molar-refractivity contribution in [1.29, 1.82) is 0 Å². The minimum absolute atomic E-state index is 0.117. The minimum atomic E-state index is -0.535. The first kappa shape index (κ1) is 17.5. The van der Waals surface area contributed by atoms with Gasteiger partial charge in [0.05, 0.1) is 5.69 Å². The first-order valence-electron chi connectivity index (χ1n) is 8.84. The average molecular weight is 424 g/mol. The highest BCUT2D eigenvalue weighted by Gasteiger charge is 2.47. The molecular formula is C17H22BrN5O3. The minimum Gasteiger partial charge on any atom is -0.444 e. The van der Waals surface area contributed by atoms with Gasteiger partial charge >= 0.3 is 6.09 Å². The lowest BCUT2D eigenvalue weighted by Gasteiger charge is -2.34. The summed E-state index contributed by atoms with van der Waals surface area (Å²) in [4.78, 5) is 36.2. The van der Waals surface area contributed by atoms with E-state index in [1.165, 1.54) is 4.52 Å². The predicted octanol–water partition coefficient (Wildman–Crippen LogP) is 2.40. The summed E-state index contributed by atoms with van der Waals surface area (Å²) in [5, 5.41) is 2.89. The molecule has 140 valence electrons. The summed E-state index contributed by atoms with van der Waals surface area (Å²) in [7, 11) is 0. The Morgan fingerprint density at radius 1 is 1.31 bits per heavy atom. The van der Waals surface area contributed by atoms with Crippen LogP contribution >= 0.6 is 15.9 Å². The molecule has 1 atom stereocenters. The molecule has 0 bridgehead atoms. The number of hydrogen-bond donors (Lipinski definition) is 1. The highest BCUT2D eigenvalue weighted by Crippen LogP contribution is 2.42. The second kappa shape index (κ2) is 5.80. The van der Waals surface area contributed by atoms with Crippen LogP contribution in [0, 0.1) is 0 Å². The van der Waals surface area contributed by atoms with Crippen LogP contribution in [-0.4, -0.2) is 49.3 Å². The molecule has 1 spiro atoms. The van der Waals surface area contributed by atoms with Crippen LogP contribution in [0.1, 0.15) is 51.3 Å². The van der Waals surface area contributed by atoms with E-state index in [0.29, 0.717) is 23.6 Å². The SMILES string of the molecule is CC(C)(C)OC(=O)N1CCC2(CCCc3nc4nc(Br)[nH]n4c(=O)c32)C1. The number of amides is 1. The van der Waals surface area contributed by atoms with E-state index >= 15 is 0 Å². The number of aromatic amines is 1. The number of nitrogens with zero attached hydrogens (tertiary/aromatic N) is 4. The van der Waals surface area contributed by atoms with Gasteiger partial charge in [-0.2, -0.15) is 9.50 Å². The average Bonchev–Trinajstić information content (AvgIpc) is 3.10. The monoisotopic (exact) mass is 423 g/mol. The van der Waals surface area contributed by atoms with Gasteiger partial charge in [-0.3, -0.25) is 9.89 Å². The molecule has 8 nitrogen and oxygen atoms in total. The van der Waals surface area contributed by atoms with Crippen molar-refractivity contribution in [3.05, 3.63) is 26.3 Å². The van der Waals surface area contributed by atoms with E-state index < -0.39 is 5.60 Å². The molecule has 2 aliphatic rings. The maximum Gasteiger partial charge on any atom is 0.410 e. The Morgan fingerprint density at radius 3 is 2.81 bits per heavy atom.